The lowest BCUT2D eigenvalue weighted by molar-refractivity contribution is 0.406. The first-order valence-electron chi connectivity index (χ1n) is 11.2. The second-order valence-corrected chi connectivity index (χ2v) is 10.3. The fourth-order valence-electron chi connectivity index (χ4n) is 4.03. The van der Waals surface area contributed by atoms with Crippen LogP contribution in [0.1, 0.15) is 25.0 Å². The summed E-state index contributed by atoms with van der Waals surface area (Å²) in [4.78, 5) is 15.8. The van der Waals surface area contributed by atoms with Crippen LogP contribution in [0.4, 0.5) is 5.69 Å². The van der Waals surface area contributed by atoms with Crippen LogP contribution in [0.2, 0.25) is 0 Å². The topological polar surface area (TPSA) is 67.7 Å². The monoisotopic (exact) mass is 466 g/mol. The van der Waals surface area contributed by atoms with Gasteiger partial charge in [0, 0.05) is 43.4 Å². The van der Waals surface area contributed by atoms with Crippen LogP contribution in [0.5, 0.6) is 5.75 Å². The van der Waals surface area contributed by atoms with Gasteiger partial charge in [-0.25, -0.2) is 8.51 Å². The van der Waals surface area contributed by atoms with Gasteiger partial charge in [-0.1, -0.05) is 30.3 Å². The van der Waals surface area contributed by atoms with Gasteiger partial charge in [-0.3, -0.25) is 4.79 Å². The molecule has 1 unspecified atom stereocenters. The Morgan fingerprint density at radius 3 is 2.27 bits per heavy atom. The number of nitrogens with zero attached hydrogens (tertiary/aromatic N) is 4. The summed E-state index contributed by atoms with van der Waals surface area (Å²) >= 11 is 0. The van der Waals surface area contributed by atoms with Gasteiger partial charge in [0.15, 0.2) is 0 Å². The molecule has 2 heterocycles. The average Bonchev–Trinajstić information content (AvgIpc) is 2.86. The van der Waals surface area contributed by atoms with E-state index in [2.05, 4.69) is 10.00 Å². The van der Waals surface area contributed by atoms with Crippen molar-refractivity contribution in [3.8, 4) is 11.4 Å². The minimum atomic E-state index is -0.989. The quantitative estimate of drug-likeness (QED) is 0.536. The first-order valence-corrected chi connectivity index (χ1v) is 12.3. The van der Waals surface area contributed by atoms with E-state index in [1.807, 2.05) is 72.7 Å². The van der Waals surface area contributed by atoms with E-state index in [9.17, 15) is 9.00 Å². The fraction of sp³-hybridized carbons (Fsp3) is 0.360. The molecule has 0 amide bonds. The number of hydrogen-bond acceptors (Lipinski definition) is 5. The largest absolute Gasteiger partial charge is 0.497 e. The number of anilines is 1. The number of hydrogen-bond donors (Lipinski definition) is 0. The standard InChI is InChI=1S/C25H30N4O3S/c1-19(2)33(31)28-15-13-27(14-16-28)24-18-26-29(21-7-5-4-6-8-21)25(30)23(24)17-20-9-11-22(32-3)12-10-20/h4-12,18-19H,13-17H2,1-3H3. The van der Waals surface area contributed by atoms with Crippen LogP contribution in [0.25, 0.3) is 5.69 Å². The van der Waals surface area contributed by atoms with E-state index < -0.39 is 11.0 Å². The van der Waals surface area contributed by atoms with E-state index in [1.54, 1.807) is 13.3 Å². The van der Waals surface area contributed by atoms with E-state index in [-0.39, 0.29) is 10.8 Å². The van der Waals surface area contributed by atoms with Crippen LogP contribution in [0.3, 0.4) is 0 Å². The summed E-state index contributed by atoms with van der Waals surface area (Å²) in [7, 11) is 0.650. The van der Waals surface area contributed by atoms with Crippen molar-refractivity contribution in [2.75, 3.05) is 38.2 Å². The lowest BCUT2D eigenvalue weighted by Crippen LogP contribution is -2.49. The summed E-state index contributed by atoms with van der Waals surface area (Å²) in [6.07, 6.45) is 2.29. The third-order valence-corrected chi connectivity index (χ3v) is 7.51. The van der Waals surface area contributed by atoms with Crippen molar-refractivity contribution in [2.45, 2.75) is 25.5 Å². The number of benzene rings is 2. The summed E-state index contributed by atoms with van der Waals surface area (Å²) in [6.45, 7) is 6.73. The molecule has 4 rings (SSSR count). The van der Waals surface area contributed by atoms with Crippen molar-refractivity contribution in [2.24, 2.45) is 0 Å². The summed E-state index contributed by atoms with van der Waals surface area (Å²) in [5.74, 6) is 0.782. The molecule has 3 aromatic rings. The van der Waals surface area contributed by atoms with Crippen molar-refractivity contribution < 1.29 is 8.95 Å². The molecular weight excluding hydrogens is 436 g/mol. The SMILES string of the molecule is COc1ccc(Cc2c(N3CCN(S(=O)C(C)C)CC3)cnn(-c3ccccc3)c2=O)cc1. The number of methoxy groups -OCH3 is 1. The lowest BCUT2D eigenvalue weighted by Gasteiger charge is -2.36. The molecule has 0 N–H and O–H groups in total. The second kappa shape index (κ2) is 10.3. The molecule has 1 atom stereocenters. The Morgan fingerprint density at radius 1 is 1.00 bits per heavy atom. The predicted molar refractivity (Wildman–Crippen MR) is 133 cm³/mol. The van der Waals surface area contributed by atoms with Gasteiger partial charge >= 0.3 is 0 Å². The molecule has 0 bridgehead atoms. The Kier molecular flexibility index (Phi) is 7.25. The number of ether oxygens (including phenoxy) is 1. The molecule has 1 saturated heterocycles. The van der Waals surface area contributed by atoms with Crippen LogP contribution in [0, 0.1) is 0 Å². The zero-order valence-corrected chi connectivity index (χ0v) is 20.1. The molecule has 7 nitrogen and oxygen atoms in total. The predicted octanol–water partition coefficient (Wildman–Crippen LogP) is 3.03. The summed E-state index contributed by atoms with van der Waals surface area (Å²) in [5.41, 5.74) is 3.19. The van der Waals surface area contributed by atoms with Crippen molar-refractivity contribution in [3.63, 3.8) is 0 Å². The van der Waals surface area contributed by atoms with Crippen LogP contribution >= 0.6 is 0 Å². The molecule has 33 heavy (non-hydrogen) atoms. The maximum Gasteiger partial charge on any atom is 0.277 e. The zero-order chi connectivity index (χ0) is 23.4. The van der Waals surface area contributed by atoms with E-state index in [1.165, 1.54) is 4.68 Å². The molecule has 174 valence electrons. The van der Waals surface area contributed by atoms with E-state index in [0.717, 1.165) is 22.7 Å². The van der Waals surface area contributed by atoms with Gasteiger partial charge in [0.2, 0.25) is 0 Å². The first kappa shape index (κ1) is 23.2. The van der Waals surface area contributed by atoms with Crippen LogP contribution in [-0.2, 0) is 17.4 Å². The molecule has 2 aromatic carbocycles. The Bertz CT molecular complexity index is 1150. The number of rotatable bonds is 7. The van der Waals surface area contributed by atoms with Crippen molar-refractivity contribution >= 4 is 16.7 Å². The molecule has 0 aliphatic carbocycles. The smallest absolute Gasteiger partial charge is 0.277 e. The maximum atomic E-state index is 13.6. The van der Waals surface area contributed by atoms with Crippen LogP contribution in [-0.4, -0.2) is 56.8 Å². The second-order valence-electron chi connectivity index (χ2n) is 8.33. The number of piperazine rings is 1. The molecule has 1 fully saturated rings. The Hall–Kier alpha value is -2.97. The van der Waals surface area contributed by atoms with Crippen LogP contribution < -0.4 is 15.2 Å². The normalized spacial score (nSPS) is 15.6. The van der Waals surface area contributed by atoms with E-state index >= 15 is 0 Å². The minimum Gasteiger partial charge on any atom is -0.497 e. The van der Waals surface area contributed by atoms with E-state index in [4.69, 9.17) is 4.74 Å². The first-order chi connectivity index (χ1) is 16.0. The molecule has 1 aromatic heterocycles. The number of para-hydroxylation sites is 1. The Morgan fingerprint density at radius 2 is 1.67 bits per heavy atom. The highest BCUT2D eigenvalue weighted by Crippen LogP contribution is 2.23. The zero-order valence-electron chi connectivity index (χ0n) is 19.3. The van der Waals surface area contributed by atoms with Gasteiger partial charge in [-0.15, -0.1) is 0 Å². The molecule has 1 aliphatic heterocycles. The summed E-state index contributed by atoms with van der Waals surface area (Å²) < 4.78 is 21.3. The van der Waals surface area contributed by atoms with Gasteiger partial charge in [-0.05, 0) is 43.7 Å². The van der Waals surface area contributed by atoms with Gasteiger partial charge in [-0.2, -0.15) is 9.78 Å². The Balaban J connectivity index is 1.68. The summed E-state index contributed by atoms with van der Waals surface area (Å²) in [5, 5.41) is 4.60. The van der Waals surface area contributed by atoms with Crippen molar-refractivity contribution in [3.05, 3.63) is 82.3 Å². The van der Waals surface area contributed by atoms with Gasteiger partial charge < -0.3 is 9.64 Å². The summed E-state index contributed by atoms with van der Waals surface area (Å²) in [6, 6.07) is 17.3. The molecule has 1 aliphatic rings. The van der Waals surface area contributed by atoms with Gasteiger partial charge in [0.25, 0.3) is 5.56 Å². The highest BCUT2D eigenvalue weighted by atomic mass is 32.2. The van der Waals surface area contributed by atoms with Gasteiger partial charge in [0.05, 0.1) is 35.7 Å². The molecule has 0 saturated carbocycles. The van der Waals surface area contributed by atoms with Gasteiger partial charge in [0.1, 0.15) is 5.75 Å². The third kappa shape index (κ3) is 5.17. The molecule has 0 spiro atoms. The van der Waals surface area contributed by atoms with Crippen LogP contribution in [0.15, 0.2) is 65.6 Å². The van der Waals surface area contributed by atoms with E-state index in [0.29, 0.717) is 38.2 Å². The maximum absolute atomic E-state index is 13.6. The fourth-order valence-corrected chi connectivity index (χ4v) is 5.15. The minimum absolute atomic E-state index is 0.0960. The third-order valence-electron chi connectivity index (χ3n) is 5.83. The highest BCUT2D eigenvalue weighted by molar-refractivity contribution is 7.83. The highest BCUT2D eigenvalue weighted by Gasteiger charge is 2.26. The molecule has 8 heteroatoms. The Labute approximate surface area is 197 Å². The van der Waals surface area contributed by atoms with Crippen molar-refractivity contribution in [1.29, 1.82) is 0 Å². The lowest BCUT2D eigenvalue weighted by atomic mass is 10.0. The molecular formula is C25H30N4O3S. The number of aromatic nitrogens is 2. The molecule has 0 radical (unpaired) electrons. The average molecular weight is 467 g/mol. The van der Waals surface area contributed by atoms with Crippen molar-refractivity contribution in [1.82, 2.24) is 14.1 Å².